The molecule has 7 heteroatoms. The molecule has 6 nitrogen and oxygen atoms in total. The summed E-state index contributed by atoms with van der Waals surface area (Å²) in [5.41, 5.74) is 2.36. The molecule has 0 aliphatic carbocycles. The number of carbonyl (C=O) groups is 2. The van der Waals surface area contributed by atoms with E-state index >= 15 is 0 Å². The molecule has 0 bridgehead atoms. The van der Waals surface area contributed by atoms with Crippen LogP contribution in [0.1, 0.15) is 25.7 Å². The van der Waals surface area contributed by atoms with Crippen LogP contribution in [0.15, 0.2) is 82.8 Å². The number of hydrogen-bond donors (Lipinski definition) is 1. The lowest BCUT2D eigenvalue weighted by atomic mass is 10.2. The van der Waals surface area contributed by atoms with Crippen molar-refractivity contribution in [2.75, 3.05) is 5.32 Å². The number of ether oxygens (including phenoxy) is 1. The second-order valence-electron chi connectivity index (χ2n) is 6.09. The number of oxazole rings is 1. The van der Waals surface area contributed by atoms with Crippen molar-refractivity contribution in [1.82, 2.24) is 4.98 Å². The molecule has 0 spiro atoms. The first-order chi connectivity index (χ1) is 14.2. The van der Waals surface area contributed by atoms with Gasteiger partial charge in [-0.15, -0.1) is 11.3 Å². The number of nitrogens with one attached hydrogen (secondary N) is 1. The number of aromatic nitrogens is 1. The van der Waals surface area contributed by atoms with Gasteiger partial charge in [-0.3, -0.25) is 4.79 Å². The Balaban J connectivity index is 1.33. The molecule has 0 atom stereocenters. The van der Waals surface area contributed by atoms with Crippen molar-refractivity contribution in [3.05, 3.63) is 94.5 Å². The van der Waals surface area contributed by atoms with E-state index in [1.807, 2.05) is 41.8 Å². The molecule has 29 heavy (non-hydrogen) atoms. The highest BCUT2D eigenvalue weighted by molar-refractivity contribution is 7.12. The zero-order valence-electron chi connectivity index (χ0n) is 15.2. The highest BCUT2D eigenvalue weighted by Gasteiger charge is 2.12. The molecule has 2 heterocycles. The van der Waals surface area contributed by atoms with Gasteiger partial charge in [0.05, 0.1) is 10.4 Å². The van der Waals surface area contributed by atoms with Gasteiger partial charge in [-0.05, 0) is 47.8 Å². The first-order valence-electron chi connectivity index (χ1n) is 8.81. The van der Waals surface area contributed by atoms with Crippen LogP contribution in [0.5, 0.6) is 0 Å². The Morgan fingerprint density at radius 2 is 1.79 bits per heavy atom. The highest BCUT2D eigenvalue weighted by atomic mass is 32.1. The lowest BCUT2D eigenvalue weighted by Crippen LogP contribution is -2.10. The highest BCUT2D eigenvalue weighted by Crippen LogP contribution is 2.19. The first kappa shape index (κ1) is 18.6. The molecule has 0 fully saturated rings. The van der Waals surface area contributed by atoms with E-state index in [0.29, 0.717) is 27.7 Å². The molecule has 1 amide bonds. The number of rotatable bonds is 6. The molecular weight excluding hydrogens is 388 g/mol. The Morgan fingerprint density at radius 3 is 2.52 bits per heavy atom. The van der Waals surface area contributed by atoms with Crippen LogP contribution >= 0.6 is 11.3 Å². The van der Waals surface area contributed by atoms with E-state index in [-0.39, 0.29) is 12.5 Å². The summed E-state index contributed by atoms with van der Waals surface area (Å²) < 4.78 is 10.7. The third-order valence-corrected chi connectivity index (χ3v) is 4.92. The molecule has 144 valence electrons. The summed E-state index contributed by atoms with van der Waals surface area (Å²) >= 11 is 1.36. The fourth-order valence-electron chi connectivity index (χ4n) is 2.60. The van der Waals surface area contributed by atoms with Gasteiger partial charge in [-0.25, -0.2) is 9.78 Å². The van der Waals surface area contributed by atoms with Crippen LogP contribution in [-0.2, 0) is 11.3 Å². The predicted octanol–water partition coefficient (Wildman–Crippen LogP) is 5.01. The van der Waals surface area contributed by atoms with E-state index in [1.165, 1.54) is 17.6 Å². The summed E-state index contributed by atoms with van der Waals surface area (Å²) in [7, 11) is 0. The van der Waals surface area contributed by atoms with Crippen LogP contribution in [0, 0.1) is 0 Å². The van der Waals surface area contributed by atoms with Crippen LogP contribution in [-0.4, -0.2) is 16.9 Å². The standard InChI is InChI=1S/C22H16N2O4S/c25-20(19-7-4-12-29-19)23-17-10-8-16(9-11-17)22(26)28-14-18-13-27-21(24-18)15-5-2-1-3-6-15/h1-13H,14H2,(H,23,25). The van der Waals surface area contributed by atoms with E-state index in [2.05, 4.69) is 10.3 Å². The van der Waals surface area contributed by atoms with Gasteiger partial charge in [0, 0.05) is 11.3 Å². The predicted molar refractivity (Wildman–Crippen MR) is 110 cm³/mol. The van der Waals surface area contributed by atoms with Crippen LogP contribution < -0.4 is 5.32 Å². The largest absolute Gasteiger partial charge is 0.455 e. The third kappa shape index (κ3) is 4.59. The summed E-state index contributed by atoms with van der Waals surface area (Å²) in [6.45, 7) is 0.00598. The number of thiophene rings is 1. The fraction of sp³-hybridized carbons (Fsp3) is 0.0455. The Labute approximate surface area is 170 Å². The van der Waals surface area contributed by atoms with E-state index in [4.69, 9.17) is 9.15 Å². The van der Waals surface area contributed by atoms with Crippen molar-refractivity contribution in [3.8, 4) is 11.5 Å². The zero-order valence-corrected chi connectivity index (χ0v) is 16.0. The van der Waals surface area contributed by atoms with E-state index in [0.717, 1.165) is 5.56 Å². The summed E-state index contributed by atoms with van der Waals surface area (Å²) in [5, 5.41) is 4.62. The lowest BCUT2D eigenvalue weighted by molar-refractivity contribution is 0.0467. The molecule has 1 N–H and O–H groups in total. The molecule has 0 aliphatic rings. The molecule has 0 saturated carbocycles. The Kier molecular flexibility index (Phi) is 5.49. The van der Waals surface area contributed by atoms with Gasteiger partial charge in [0.15, 0.2) is 0 Å². The number of carbonyl (C=O) groups excluding carboxylic acids is 2. The van der Waals surface area contributed by atoms with Gasteiger partial charge in [0.1, 0.15) is 18.6 Å². The minimum absolute atomic E-state index is 0.00598. The fourth-order valence-corrected chi connectivity index (χ4v) is 3.22. The average molecular weight is 404 g/mol. The average Bonchev–Trinajstić information content (AvgIpc) is 3.45. The second-order valence-corrected chi connectivity index (χ2v) is 7.04. The molecule has 4 rings (SSSR count). The molecule has 2 aromatic heterocycles. The Hall–Kier alpha value is -3.71. The van der Waals surface area contributed by atoms with Crippen molar-refractivity contribution < 1.29 is 18.7 Å². The summed E-state index contributed by atoms with van der Waals surface area (Å²) in [6, 6.07) is 19.6. The normalized spacial score (nSPS) is 10.5. The number of anilines is 1. The smallest absolute Gasteiger partial charge is 0.338 e. The van der Waals surface area contributed by atoms with E-state index in [9.17, 15) is 9.59 Å². The van der Waals surface area contributed by atoms with Crippen molar-refractivity contribution in [1.29, 1.82) is 0 Å². The Bertz CT molecular complexity index is 1100. The molecule has 0 radical (unpaired) electrons. The van der Waals surface area contributed by atoms with Crippen molar-refractivity contribution >= 4 is 28.9 Å². The van der Waals surface area contributed by atoms with Gasteiger partial charge in [-0.1, -0.05) is 24.3 Å². The molecule has 0 saturated heterocycles. The molecule has 0 unspecified atom stereocenters. The lowest BCUT2D eigenvalue weighted by Gasteiger charge is -2.06. The quantitative estimate of drug-likeness (QED) is 0.457. The number of hydrogen-bond acceptors (Lipinski definition) is 6. The monoisotopic (exact) mass is 404 g/mol. The van der Waals surface area contributed by atoms with Crippen molar-refractivity contribution in [3.63, 3.8) is 0 Å². The van der Waals surface area contributed by atoms with Crippen LogP contribution in [0.4, 0.5) is 5.69 Å². The van der Waals surface area contributed by atoms with Crippen molar-refractivity contribution in [2.45, 2.75) is 6.61 Å². The van der Waals surface area contributed by atoms with Gasteiger partial charge in [-0.2, -0.15) is 0 Å². The van der Waals surface area contributed by atoms with Gasteiger partial charge >= 0.3 is 5.97 Å². The summed E-state index contributed by atoms with van der Waals surface area (Å²) in [6.07, 6.45) is 1.47. The minimum Gasteiger partial charge on any atom is -0.455 e. The molecule has 0 aliphatic heterocycles. The SMILES string of the molecule is O=C(OCc1coc(-c2ccccc2)n1)c1ccc(NC(=O)c2cccs2)cc1. The molecular formula is C22H16N2O4S. The van der Waals surface area contributed by atoms with E-state index in [1.54, 1.807) is 30.3 Å². The van der Waals surface area contributed by atoms with Gasteiger partial charge in [0.2, 0.25) is 5.89 Å². The number of benzene rings is 2. The number of esters is 1. The van der Waals surface area contributed by atoms with Gasteiger partial charge < -0.3 is 14.5 Å². The minimum atomic E-state index is -0.481. The second kappa shape index (κ2) is 8.53. The maximum Gasteiger partial charge on any atom is 0.338 e. The van der Waals surface area contributed by atoms with Gasteiger partial charge in [0.25, 0.3) is 5.91 Å². The van der Waals surface area contributed by atoms with Crippen molar-refractivity contribution in [2.24, 2.45) is 0 Å². The van der Waals surface area contributed by atoms with Crippen LogP contribution in [0.2, 0.25) is 0 Å². The summed E-state index contributed by atoms with van der Waals surface area (Å²) in [5.74, 6) is -0.191. The maximum absolute atomic E-state index is 12.2. The number of nitrogens with zero attached hydrogens (tertiary/aromatic N) is 1. The van der Waals surface area contributed by atoms with E-state index < -0.39 is 5.97 Å². The first-order valence-corrected chi connectivity index (χ1v) is 9.69. The third-order valence-electron chi connectivity index (χ3n) is 4.05. The molecule has 2 aromatic carbocycles. The summed E-state index contributed by atoms with van der Waals surface area (Å²) in [4.78, 5) is 29.2. The zero-order chi connectivity index (χ0) is 20.1. The Morgan fingerprint density at radius 1 is 1.00 bits per heavy atom. The van der Waals surface area contributed by atoms with Crippen LogP contribution in [0.3, 0.4) is 0 Å². The number of amides is 1. The van der Waals surface area contributed by atoms with Crippen LogP contribution in [0.25, 0.3) is 11.5 Å². The maximum atomic E-state index is 12.2. The topological polar surface area (TPSA) is 81.4 Å². The molecule has 4 aromatic rings.